The van der Waals surface area contributed by atoms with Crippen molar-refractivity contribution >= 4 is 11.3 Å². The van der Waals surface area contributed by atoms with Crippen molar-refractivity contribution in [3.05, 3.63) is 22.4 Å². The van der Waals surface area contributed by atoms with E-state index in [-0.39, 0.29) is 0 Å². The molecular formula is C13H23NS. The Kier molecular flexibility index (Phi) is 5.96. The molecule has 0 fully saturated rings. The summed E-state index contributed by atoms with van der Waals surface area (Å²) < 4.78 is 0. The van der Waals surface area contributed by atoms with E-state index in [0.717, 1.165) is 5.92 Å². The molecule has 1 atom stereocenters. The quantitative estimate of drug-likeness (QED) is 0.746. The maximum atomic E-state index is 3.53. The zero-order chi connectivity index (χ0) is 11.1. The lowest BCUT2D eigenvalue weighted by Crippen LogP contribution is -2.28. The summed E-state index contributed by atoms with van der Waals surface area (Å²) in [4.78, 5) is 1.53. The molecule has 0 saturated carbocycles. The first kappa shape index (κ1) is 12.7. The molecule has 0 radical (unpaired) electrons. The van der Waals surface area contributed by atoms with Crippen molar-refractivity contribution in [1.29, 1.82) is 0 Å². The number of rotatable bonds is 7. The predicted molar refractivity (Wildman–Crippen MR) is 69.6 cm³/mol. The zero-order valence-corrected chi connectivity index (χ0v) is 10.9. The highest BCUT2D eigenvalue weighted by Gasteiger charge is 2.07. The summed E-state index contributed by atoms with van der Waals surface area (Å²) in [6.45, 7) is 7.89. The van der Waals surface area contributed by atoms with E-state index in [0.29, 0.717) is 6.04 Å². The third-order valence-corrected chi connectivity index (χ3v) is 3.71. The van der Waals surface area contributed by atoms with E-state index in [1.807, 2.05) is 11.3 Å². The lowest BCUT2D eigenvalue weighted by Gasteiger charge is -2.17. The SMILES string of the molecule is CCC(CCc1cccs1)CNC(C)C. The topological polar surface area (TPSA) is 12.0 Å². The van der Waals surface area contributed by atoms with Crippen molar-refractivity contribution in [3.8, 4) is 0 Å². The second-order valence-electron chi connectivity index (χ2n) is 4.46. The van der Waals surface area contributed by atoms with Crippen molar-refractivity contribution in [2.45, 2.75) is 46.1 Å². The highest BCUT2D eigenvalue weighted by molar-refractivity contribution is 7.09. The van der Waals surface area contributed by atoms with Gasteiger partial charge in [0, 0.05) is 10.9 Å². The van der Waals surface area contributed by atoms with E-state index < -0.39 is 0 Å². The van der Waals surface area contributed by atoms with Gasteiger partial charge in [0.1, 0.15) is 0 Å². The number of hydrogen-bond donors (Lipinski definition) is 1. The van der Waals surface area contributed by atoms with Crippen LogP contribution in [0.25, 0.3) is 0 Å². The molecular weight excluding hydrogens is 202 g/mol. The standard InChI is InChI=1S/C13H23NS/c1-4-12(10-14-11(2)3)7-8-13-6-5-9-15-13/h5-6,9,11-12,14H,4,7-8,10H2,1-3H3. The van der Waals surface area contributed by atoms with Gasteiger partial charge in [0.15, 0.2) is 0 Å². The van der Waals surface area contributed by atoms with Gasteiger partial charge in [0.05, 0.1) is 0 Å². The number of thiophene rings is 1. The molecule has 0 aliphatic heterocycles. The first-order chi connectivity index (χ1) is 7.22. The van der Waals surface area contributed by atoms with Gasteiger partial charge in [-0.25, -0.2) is 0 Å². The summed E-state index contributed by atoms with van der Waals surface area (Å²) in [5.74, 6) is 0.828. The molecule has 0 saturated heterocycles. The Morgan fingerprint density at radius 1 is 1.40 bits per heavy atom. The van der Waals surface area contributed by atoms with Crippen molar-refractivity contribution in [2.24, 2.45) is 5.92 Å². The van der Waals surface area contributed by atoms with Crippen molar-refractivity contribution in [3.63, 3.8) is 0 Å². The minimum Gasteiger partial charge on any atom is -0.314 e. The molecule has 0 amide bonds. The molecule has 2 heteroatoms. The van der Waals surface area contributed by atoms with Gasteiger partial charge in [0.2, 0.25) is 0 Å². The smallest absolute Gasteiger partial charge is 0.00453 e. The molecule has 0 bridgehead atoms. The van der Waals surface area contributed by atoms with Crippen LogP contribution in [-0.4, -0.2) is 12.6 Å². The molecule has 0 aliphatic carbocycles. The molecule has 1 heterocycles. The van der Waals surface area contributed by atoms with E-state index in [4.69, 9.17) is 0 Å². The Morgan fingerprint density at radius 3 is 2.73 bits per heavy atom. The van der Waals surface area contributed by atoms with Crippen LogP contribution in [0.1, 0.15) is 38.5 Å². The number of aryl methyl sites for hydroxylation is 1. The van der Waals surface area contributed by atoms with Crippen LogP contribution in [0.2, 0.25) is 0 Å². The second kappa shape index (κ2) is 7.02. The monoisotopic (exact) mass is 225 g/mol. The van der Waals surface area contributed by atoms with Crippen LogP contribution in [0.3, 0.4) is 0 Å². The highest BCUT2D eigenvalue weighted by atomic mass is 32.1. The first-order valence-corrected chi connectivity index (χ1v) is 6.86. The van der Waals surface area contributed by atoms with Gasteiger partial charge in [0.25, 0.3) is 0 Å². The summed E-state index contributed by atoms with van der Waals surface area (Å²) in [6.07, 6.45) is 3.85. The second-order valence-corrected chi connectivity index (χ2v) is 5.49. The van der Waals surface area contributed by atoms with Gasteiger partial charge >= 0.3 is 0 Å². The average molecular weight is 225 g/mol. The van der Waals surface area contributed by atoms with Crippen molar-refractivity contribution in [2.75, 3.05) is 6.54 Å². The van der Waals surface area contributed by atoms with Crippen molar-refractivity contribution < 1.29 is 0 Å². The first-order valence-electron chi connectivity index (χ1n) is 5.98. The van der Waals surface area contributed by atoms with E-state index >= 15 is 0 Å². The van der Waals surface area contributed by atoms with Crippen LogP contribution in [0.15, 0.2) is 17.5 Å². The fraction of sp³-hybridized carbons (Fsp3) is 0.692. The number of nitrogens with one attached hydrogen (secondary N) is 1. The summed E-state index contributed by atoms with van der Waals surface area (Å²) in [5.41, 5.74) is 0. The minimum absolute atomic E-state index is 0.612. The van der Waals surface area contributed by atoms with E-state index in [2.05, 4.69) is 43.6 Å². The summed E-state index contributed by atoms with van der Waals surface area (Å²) in [7, 11) is 0. The molecule has 1 aromatic heterocycles. The van der Waals surface area contributed by atoms with Crippen LogP contribution in [0.4, 0.5) is 0 Å². The molecule has 0 aromatic carbocycles. The molecule has 0 spiro atoms. The van der Waals surface area contributed by atoms with Gasteiger partial charge in [-0.05, 0) is 36.8 Å². The number of hydrogen-bond acceptors (Lipinski definition) is 2. The Hall–Kier alpha value is -0.340. The Labute approximate surface area is 97.9 Å². The highest BCUT2D eigenvalue weighted by Crippen LogP contribution is 2.16. The van der Waals surface area contributed by atoms with Gasteiger partial charge in [-0.3, -0.25) is 0 Å². The zero-order valence-electron chi connectivity index (χ0n) is 10.1. The van der Waals surface area contributed by atoms with Gasteiger partial charge in [-0.2, -0.15) is 0 Å². The van der Waals surface area contributed by atoms with Crippen LogP contribution in [0, 0.1) is 5.92 Å². The van der Waals surface area contributed by atoms with E-state index in [9.17, 15) is 0 Å². The fourth-order valence-corrected chi connectivity index (χ4v) is 2.38. The molecule has 1 rings (SSSR count). The van der Waals surface area contributed by atoms with Crippen molar-refractivity contribution in [1.82, 2.24) is 5.32 Å². The minimum atomic E-state index is 0.612. The van der Waals surface area contributed by atoms with E-state index in [1.165, 1.54) is 30.7 Å². The fourth-order valence-electron chi connectivity index (χ4n) is 1.65. The van der Waals surface area contributed by atoms with Crippen LogP contribution >= 0.6 is 11.3 Å². The largest absolute Gasteiger partial charge is 0.314 e. The van der Waals surface area contributed by atoms with E-state index in [1.54, 1.807) is 0 Å². The van der Waals surface area contributed by atoms with Gasteiger partial charge in [-0.1, -0.05) is 33.3 Å². The average Bonchev–Trinajstić information content (AvgIpc) is 2.70. The maximum Gasteiger partial charge on any atom is 0.00453 e. The molecule has 1 N–H and O–H groups in total. The third-order valence-electron chi connectivity index (χ3n) is 2.77. The molecule has 1 unspecified atom stereocenters. The maximum absolute atomic E-state index is 3.53. The van der Waals surface area contributed by atoms with Crippen LogP contribution in [0.5, 0.6) is 0 Å². The molecule has 1 nitrogen and oxygen atoms in total. The van der Waals surface area contributed by atoms with Crippen LogP contribution in [-0.2, 0) is 6.42 Å². The third kappa shape index (κ3) is 5.33. The molecule has 0 aliphatic rings. The Balaban J connectivity index is 2.22. The normalized spacial score (nSPS) is 13.3. The summed E-state index contributed by atoms with van der Waals surface area (Å²) in [5, 5.41) is 5.70. The summed E-state index contributed by atoms with van der Waals surface area (Å²) in [6, 6.07) is 5.00. The van der Waals surface area contributed by atoms with Crippen LogP contribution < -0.4 is 5.32 Å². The lowest BCUT2D eigenvalue weighted by atomic mass is 9.99. The van der Waals surface area contributed by atoms with Gasteiger partial charge in [-0.15, -0.1) is 11.3 Å². The lowest BCUT2D eigenvalue weighted by molar-refractivity contribution is 0.415. The Bertz CT molecular complexity index is 241. The molecule has 15 heavy (non-hydrogen) atoms. The molecule has 1 aromatic rings. The summed E-state index contributed by atoms with van der Waals surface area (Å²) >= 11 is 1.88. The van der Waals surface area contributed by atoms with Gasteiger partial charge < -0.3 is 5.32 Å². The molecule has 86 valence electrons. The predicted octanol–water partition coefficient (Wildman–Crippen LogP) is 3.70. The Morgan fingerprint density at radius 2 is 2.20 bits per heavy atom.